The normalized spacial score (nSPS) is 19.3. The van der Waals surface area contributed by atoms with Crippen LogP contribution in [-0.4, -0.2) is 25.8 Å². The van der Waals surface area contributed by atoms with Gasteiger partial charge in [-0.3, -0.25) is 0 Å². The van der Waals surface area contributed by atoms with Gasteiger partial charge in [0.15, 0.2) is 0 Å². The van der Waals surface area contributed by atoms with Gasteiger partial charge in [-0.1, -0.05) is 29.8 Å². The van der Waals surface area contributed by atoms with Crippen LogP contribution in [-0.2, 0) is 11.2 Å². The van der Waals surface area contributed by atoms with Crippen molar-refractivity contribution in [2.45, 2.75) is 50.7 Å². The molecule has 2 nitrogen and oxygen atoms in total. The smallest absolute Gasteiger partial charge is 0.0693 e. The zero-order valence-corrected chi connectivity index (χ0v) is 11.8. The van der Waals surface area contributed by atoms with E-state index in [0.29, 0.717) is 6.04 Å². The number of methoxy groups -OCH3 is 1. The first-order valence-corrected chi connectivity index (χ1v) is 6.95. The van der Waals surface area contributed by atoms with Gasteiger partial charge in [0.05, 0.1) is 5.60 Å². The first-order chi connectivity index (χ1) is 8.67. The number of benzene rings is 1. The Morgan fingerprint density at radius 2 is 2.17 bits per heavy atom. The van der Waals surface area contributed by atoms with Crippen LogP contribution in [0.2, 0.25) is 0 Å². The molecule has 1 fully saturated rings. The lowest BCUT2D eigenvalue weighted by Crippen LogP contribution is -2.45. The lowest BCUT2D eigenvalue weighted by Gasteiger charge is -2.42. The van der Waals surface area contributed by atoms with E-state index in [1.807, 2.05) is 7.11 Å². The SMILES string of the molecule is CNC(Cc1cccc(C)c1)CC1(OC)CCC1. The van der Waals surface area contributed by atoms with Crippen LogP contribution in [0.4, 0.5) is 0 Å². The molecule has 0 amide bonds. The Balaban J connectivity index is 1.97. The first-order valence-electron chi connectivity index (χ1n) is 6.95. The monoisotopic (exact) mass is 247 g/mol. The minimum atomic E-state index is 0.150. The summed E-state index contributed by atoms with van der Waals surface area (Å²) < 4.78 is 5.73. The Labute approximate surface area is 111 Å². The Hall–Kier alpha value is -0.860. The number of ether oxygens (including phenoxy) is 1. The van der Waals surface area contributed by atoms with Gasteiger partial charge in [0.25, 0.3) is 0 Å². The van der Waals surface area contributed by atoms with Gasteiger partial charge in [-0.05, 0) is 51.6 Å². The molecule has 1 aromatic rings. The maximum atomic E-state index is 5.73. The number of hydrogen-bond acceptors (Lipinski definition) is 2. The maximum absolute atomic E-state index is 5.73. The van der Waals surface area contributed by atoms with E-state index in [1.54, 1.807) is 0 Å². The molecule has 18 heavy (non-hydrogen) atoms. The van der Waals surface area contributed by atoms with Gasteiger partial charge in [0.2, 0.25) is 0 Å². The number of likely N-dealkylation sites (N-methyl/N-ethyl adjacent to an activating group) is 1. The van der Waals surface area contributed by atoms with E-state index in [1.165, 1.54) is 30.4 Å². The van der Waals surface area contributed by atoms with Crippen molar-refractivity contribution >= 4 is 0 Å². The van der Waals surface area contributed by atoms with E-state index in [0.717, 1.165) is 12.8 Å². The van der Waals surface area contributed by atoms with Gasteiger partial charge in [-0.2, -0.15) is 0 Å². The average molecular weight is 247 g/mol. The second kappa shape index (κ2) is 5.85. The quantitative estimate of drug-likeness (QED) is 0.834. The molecule has 1 aliphatic rings. The molecular weight excluding hydrogens is 222 g/mol. The summed E-state index contributed by atoms with van der Waals surface area (Å²) in [7, 11) is 3.92. The Morgan fingerprint density at radius 3 is 2.67 bits per heavy atom. The van der Waals surface area contributed by atoms with Crippen LogP contribution in [0.1, 0.15) is 36.8 Å². The van der Waals surface area contributed by atoms with E-state index in [9.17, 15) is 0 Å². The molecule has 1 atom stereocenters. The van der Waals surface area contributed by atoms with Gasteiger partial charge < -0.3 is 10.1 Å². The van der Waals surface area contributed by atoms with E-state index in [4.69, 9.17) is 4.74 Å². The van der Waals surface area contributed by atoms with Crippen LogP contribution in [0.5, 0.6) is 0 Å². The maximum Gasteiger partial charge on any atom is 0.0693 e. The molecule has 0 bridgehead atoms. The fourth-order valence-corrected chi connectivity index (χ4v) is 2.91. The second-order valence-electron chi connectivity index (χ2n) is 5.62. The molecule has 1 aliphatic carbocycles. The Kier molecular flexibility index (Phi) is 4.41. The van der Waals surface area contributed by atoms with E-state index >= 15 is 0 Å². The average Bonchev–Trinajstić information content (AvgIpc) is 2.32. The van der Waals surface area contributed by atoms with Crippen LogP contribution < -0.4 is 5.32 Å². The minimum absolute atomic E-state index is 0.150. The summed E-state index contributed by atoms with van der Waals surface area (Å²) in [4.78, 5) is 0. The summed E-state index contributed by atoms with van der Waals surface area (Å²) >= 11 is 0. The third-order valence-electron chi connectivity index (χ3n) is 4.29. The molecule has 2 heteroatoms. The van der Waals surface area contributed by atoms with E-state index < -0.39 is 0 Å². The molecule has 0 saturated heterocycles. The van der Waals surface area contributed by atoms with Crippen molar-refractivity contribution in [3.8, 4) is 0 Å². The van der Waals surface area contributed by atoms with Gasteiger partial charge in [0, 0.05) is 13.2 Å². The first kappa shape index (κ1) is 13.6. The minimum Gasteiger partial charge on any atom is -0.378 e. The zero-order chi connectivity index (χ0) is 13.0. The molecule has 0 aromatic heterocycles. The van der Waals surface area contributed by atoms with Crippen molar-refractivity contribution in [2.75, 3.05) is 14.2 Å². The van der Waals surface area contributed by atoms with Crippen LogP contribution in [0.25, 0.3) is 0 Å². The summed E-state index contributed by atoms with van der Waals surface area (Å²) in [5.74, 6) is 0. The summed E-state index contributed by atoms with van der Waals surface area (Å²) in [5, 5.41) is 3.45. The number of hydrogen-bond donors (Lipinski definition) is 1. The Morgan fingerprint density at radius 1 is 1.39 bits per heavy atom. The number of rotatable bonds is 6. The Bertz CT molecular complexity index is 379. The summed E-state index contributed by atoms with van der Waals surface area (Å²) in [6, 6.07) is 9.31. The van der Waals surface area contributed by atoms with Gasteiger partial charge in [-0.25, -0.2) is 0 Å². The van der Waals surface area contributed by atoms with E-state index in [-0.39, 0.29) is 5.60 Å². The van der Waals surface area contributed by atoms with Crippen molar-refractivity contribution < 1.29 is 4.74 Å². The molecule has 1 N–H and O–H groups in total. The summed E-state index contributed by atoms with van der Waals surface area (Å²) in [5.41, 5.74) is 2.91. The highest BCUT2D eigenvalue weighted by Crippen LogP contribution is 2.39. The van der Waals surface area contributed by atoms with Crippen LogP contribution in [0.3, 0.4) is 0 Å². The summed E-state index contributed by atoms with van der Waals surface area (Å²) in [6.45, 7) is 2.15. The number of aryl methyl sites for hydroxylation is 1. The highest BCUT2D eigenvalue weighted by atomic mass is 16.5. The van der Waals surface area contributed by atoms with Crippen LogP contribution >= 0.6 is 0 Å². The van der Waals surface area contributed by atoms with Crippen molar-refractivity contribution in [2.24, 2.45) is 0 Å². The fraction of sp³-hybridized carbons (Fsp3) is 0.625. The highest BCUT2D eigenvalue weighted by Gasteiger charge is 2.38. The highest BCUT2D eigenvalue weighted by molar-refractivity contribution is 5.23. The van der Waals surface area contributed by atoms with Crippen molar-refractivity contribution in [1.29, 1.82) is 0 Å². The standard InChI is InChI=1S/C16H25NO/c1-13-6-4-7-14(10-13)11-15(17-2)12-16(18-3)8-5-9-16/h4,6-7,10,15,17H,5,8-9,11-12H2,1-3H3. The largest absolute Gasteiger partial charge is 0.378 e. The molecule has 1 saturated carbocycles. The predicted octanol–water partition coefficient (Wildman–Crippen LogP) is 3.08. The molecule has 100 valence electrons. The summed E-state index contributed by atoms with van der Waals surface area (Å²) in [6.07, 6.45) is 5.96. The van der Waals surface area contributed by atoms with Gasteiger partial charge in [-0.15, -0.1) is 0 Å². The van der Waals surface area contributed by atoms with Crippen LogP contribution in [0, 0.1) is 6.92 Å². The lowest BCUT2D eigenvalue weighted by molar-refractivity contribution is -0.0830. The molecule has 0 aliphatic heterocycles. The molecule has 1 unspecified atom stereocenters. The van der Waals surface area contributed by atoms with Gasteiger partial charge in [0.1, 0.15) is 0 Å². The second-order valence-corrected chi connectivity index (χ2v) is 5.62. The zero-order valence-electron chi connectivity index (χ0n) is 11.8. The van der Waals surface area contributed by atoms with Gasteiger partial charge >= 0.3 is 0 Å². The van der Waals surface area contributed by atoms with Crippen molar-refractivity contribution in [3.63, 3.8) is 0 Å². The topological polar surface area (TPSA) is 21.3 Å². The molecular formula is C16H25NO. The lowest BCUT2D eigenvalue weighted by atomic mass is 9.75. The van der Waals surface area contributed by atoms with Crippen LogP contribution in [0.15, 0.2) is 24.3 Å². The molecule has 2 rings (SSSR count). The third-order valence-corrected chi connectivity index (χ3v) is 4.29. The van der Waals surface area contributed by atoms with Crippen molar-refractivity contribution in [3.05, 3.63) is 35.4 Å². The van der Waals surface area contributed by atoms with E-state index in [2.05, 4.69) is 43.6 Å². The van der Waals surface area contributed by atoms with Crippen molar-refractivity contribution in [1.82, 2.24) is 5.32 Å². The fourth-order valence-electron chi connectivity index (χ4n) is 2.91. The molecule has 0 radical (unpaired) electrons. The number of nitrogens with one attached hydrogen (secondary N) is 1. The predicted molar refractivity (Wildman–Crippen MR) is 75.9 cm³/mol. The third kappa shape index (κ3) is 3.12. The molecule has 0 spiro atoms. The molecule has 1 aromatic carbocycles. The molecule has 0 heterocycles.